The fraction of sp³-hybridized carbons (Fsp3) is 0.130. The summed E-state index contributed by atoms with van der Waals surface area (Å²) in [7, 11) is 1.44. The molecule has 34 heavy (non-hydrogen) atoms. The Labute approximate surface area is 194 Å². The van der Waals surface area contributed by atoms with Crippen molar-refractivity contribution >= 4 is 29.4 Å². The Balaban J connectivity index is 1.59. The molecule has 0 saturated carbocycles. The largest absolute Gasteiger partial charge is 0.493 e. The highest BCUT2D eigenvalue weighted by atomic mass is 16.6. The molecule has 2 N–H and O–H groups in total. The quantitative estimate of drug-likeness (QED) is 0.282. The van der Waals surface area contributed by atoms with Crippen LogP contribution in [0.15, 0.2) is 66.0 Å². The highest BCUT2D eigenvalue weighted by Gasteiger charge is 2.13. The Morgan fingerprint density at radius 1 is 1.18 bits per heavy atom. The van der Waals surface area contributed by atoms with Crippen LogP contribution < -0.4 is 20.2 Å². The van der Waals surface area contributed by atoms with Crippen molar-refractivity contribution in [1.29, 1.82) is 0 Å². The molecule has 0 fully saturated rings. The third-order valence-corrected chi connectivity index (χ3v) is 4.56. The number of hydrogen-bond acceptors (Lipinski definition) is 8. The number of hydrazone groups is 1. The molecule has 2 amide bonds. The van der Waals surface area contributed by atoms with E-state index in [2.05, 4.69) is 20.8 Å². The van der Waals surface area contributed by atoms with Crippen LogP contribution in [0.25, 0.3) is 0 Å². The van der Waals surface area contributed by atoms with Gasteiger partial charge in [-0.25, -0.2) is 5.43 Å². The number of hydrogen-bond donors (Lipinski definition) is 2. The highest BCUT2D eigenvalue weighted by molar-refractivity contribution is 5.94. The molecule has 0 atom stereocenters. The van der Waals surface area contributed by atoms with Crippen molar-refractivity contribution < 1.29 is 24.0 Å². The lowest BCUT2D eigenvalue weighted by atomic mass is 10.2. The topological polar surface area (TPSA) is 145 Å². The molecule has 0 saturated heterocycles. The number of carbonyl (C=O) groups excluding carboxylic acids is 2. The molecule has 0 radical (unpaired) electrons. The van der Waals surface area contributed by atoms with Crippen LogP contribution in [0, 0.1) is 17.0 Å². The maximum absolute atomic E-state index is 12.3. The Bertz CT molecular complexity index is 1230. The molecule has 3 aromatic rings. The summed E-state index contributed by atoms with van der Waals surface area (Å²) >= 11 is 0. The number of ether oxygens (including phenoxy) is 2. The predicted molar refractivity (Wildman–Crippen MR) is 124 cm³/mol. The molecule has 1 heterocycles. The van der Waals surface area contributed by atoms with E-state index < -0.39 is 16.7 Å². The van der Waals surface area contributed by atoms with Gasteiger partial charge in [0.1, 0.15) is 0 Å². The SMILES string of the molecule is COc1cc(C=NNC(=O)c2cccnc2)ccc1OCC(=O)Nc1cc([N+](=O)[O-])ccc1C. The summed E-state index contributed by atoms with van der Waals surface area (Å²) in [5.74, 6) is -0.234. The van der Waals surface area contributed by atoms with Gasteiger partial charge in [-0.05, 0) is 48.4 Å². The van der Waals surface area contributed by atoms with E-state index >= 15 is 0 Å². The summed E-state index contributed by atoms with van der Waals surface area (Å²) in [5, 5.41) is 17.5. The zero-order valence-electron chi connectivity index (χ0n) is 18.3. The van der Waals surface area contributed by atoms with E-state index in [4.69, 9.17) is 9.47 Å². The third-order valence-electron chi connectivity index (χ3n) is 4.56. The molecular weight excluding hydrogens is 442 g/mol. The van der Waals surface area contributed by atoms with Crippen molar-refractivity contribution in [1.82, 2.24) is 10.4 Å². The van der Waals surface area contributed by atoms with Gasteiger partial charge in [-0.3, -0.25) is 24.7 Å². The van der Waals surface area contributed by atoms with Gasteiger partial charge in [0, 0.05) is 24.5 Å². The van der Waals surface area contributed by atoms with Crippen molar-refractivity contribution in [3.8, 4) is 11.5 Å². The van der Waals surface area contributed by atoms with Crippen molar-refractivity contribution in [2.24, 2.45) is 5.10 Å². The van der Waals surface area contributed by atoms with Crippen LogP contribution in [0.3, 0.4) is 0 Å². The molecule has 0 aliphatic rings. The van der Waals surface area contributed by atoms with Gasteiger partial charge in [0.05, 0.1) is 29.5 Å². The summed E-state index contributed by atoms with van der Waals surface area (Å²) < 4.78 is 10.8. The predicted octanol–water partition coefficient (Wildman–Crippen LogP) is 3.09. The Morgan fingerprint density at radius 3 is 2.71 bits per heavy atom. The van der Waals surface area contributed by atoms with E-state index in [1.165, 1.54) is 31.7 Å². The van der Waals surface area contributed by atoms with Crippen LogP contribution in [0.2, 0.25) is 0 Å². The zero-order valence-corrected chi connectivity index (χ0v) is 18.3. The lowest BCUT2D eigenvalue weighted by molar-refractivity contribution is -0.384. The number of non-ortho nitro benzene ring substituents is 1. The van der Waals surface area contributed by atoms with Gasteiger partial charge < -0.3 is 14.8 Å². The number of amides is 2. The molecule has 0 aliphatic heterocycles. The van der Waals surface area contributed by atoms with Gasteiger partial charge >= 0.3 is 0 Å². The van der Waals surface area contributed by atoms with Crippen LogP contribution in [-0.2, 0) is 4.79 Å². The van der Waals surface area contributed by atoms with E-state index in [9.17, 15) is 19.7 Å². The molecule has 11 nitrogen and oxygen atoms in total. The van der Waals surface area contributed by atoms with Gasteiger partial charge in [0.2, 0.25) is 0 Å². The second-order valence-corrected chi connectivity index (χ2v) is 6.94. The number of methoxy groups -OCH3 is 1. The number of nitrogens with one attached hydrogen (secondary N) is 2. The minimum atomic E-state index is -0.536. The maximum Gasteiger partial charge on any atom is 0.272 e. The summed E-state index contributed by atoms with van der Waals surface area (Å²) in [6, 6.07) is 12.3. The number of anilines is 1. The average molecular weight is 463 g/mol. The van der Waals surface area contributed by atoms with Crippen molar-refractivity contribution in [3.63, 3.8) is 0 Å². The first-order valence-corrected chi connectivity index (χ1v) is 9.96. The molecular formula is C23H21N5O6. The van der Waals surface area contributed by atoms with Crippen LogP contribution >= 0.6 is 0 Å². The molecule has 1 aromatic heterocycles. The number of nitro groups is 1. The summed E-state index contributed by atoms with van der Waals surface area (Å²) in [6.45, 7) is 1.38. The zero-order chi connectivity index (χ0) is 24.5. The lowest BCUT2D eigenvalue weighted by Crippen LogP contribution is -2.21. The molecule has 0 unspecified atom stereocenters. The first-order chi connectivity index (χ1) is 16.4. The van der Waals surface area contributed by atoms with Crippen LogP contribution in [0.5, 0.6) is 11.5 Å². The summed E-state index contributed by atoms with van der Waals surface area (Å²) in [5.41, 5.74) is 4.27. The second-order valence-electron chi connectivity index (χ2n) is 6.94. The van der Waals surface area contributed by atoms with Crippen LogP contribution in [0.4, 0.5) is 11.4 Å². The molecule has 3 rings (SSSR count). The van der Waals surface area contributed by atoms with Crippen molar-refractivity contribution in [3.05, 3.63) is 87.7 Å². The number of rotatable bonds is 9. The van der Waals surface area contributed by atoms with Crippen LogP contribution in [-0.4, -0.2) is 41.7 Å². The highest BCUT2D eigenvalue weighted by Crippen LogP contribution is 2.28. The number of benzene rings is 2. The minimum Gasteiger partial charge on any atom is -0.493 e. The van der Waals surface area contributed by atoms with Gasteiger partial charge in [-0.15, -0.1) is 0 Å². The Hall–Kier alpha value is -4.80. The molecule has 2 aromatic carbocycles. The monoisotopic (exact) mass is 463 g/mol. The first-order valence-electron chi connectivity index (χ1n) is 9.96. The molecule has 174 valence electrons. The van der Waals surface area contributed by atoms with Crippen molar-refractivity contribution in [2.75, 3.05) is 19.0 Å². The van der Waals surface area contributed by atoms with Gasteiger partial charge in [0.25, 0.3) is 17.5 Å². The minimum absolute atomic E-state index is 0.127. The first kappa shape index (κ1) is 23.9. The van der Waals surface area contributed by atoms with Gasteiger partial charge in [-0.1, -0.05) is 6.07 Å². The van der Waals surface area contributed by atoms with E-state index in [0.717, 1.165) is 0 Å². The maximum atomic E-state index is 12.3. The molecule has 11 heteroatoms. The van der Waals surface area contributed by atoms with E-state index in [1.54, 1.807) is 49.5 Å². The number of pyridine rings is 1. The fourth-order valence-corrected chi connectivity index (χ4v) is 2.80. The third kappa shape index (κ3) is 6.36. The summed E-state index contributed by atoms with van der Waals surface area (Å²) in [6.07, 6.45) is 4.42. The second kappa shape index (κ2) is 11.2. The van der Waals surface area contributed by atoms with Crippen LogP contribution in [0.1, 0.15) is 21.5 Å². The lowest BCUT2D eigenvalue weighted by Gasteiger charge is -2.12. The molecule has 0 spiro atoms. The van der Waals surface area contributed by atoms with Gasteiger partial charge in [-0.2, -0.15) is 5.10 Å². The van der Waals surface area contributed by atoms with E-state index in [-0.39, 0.29) is 12.3 Å². The number of nitro benzene ring substituents is 1. The number of carbonyl (C=O) groups is 2. The Kier molecular flexibility index (Phi) is 7.84. The standard InChI is InChI=1S/C23H21N5O6/c1-15-5-7-18(28(31)32)11-19(15)26-22(29)14-34-20-8-6-16(10-21(20)33-2)12-25-27-23(30)17-4-3-9-24-13-17/h3-13H,14H2,1-2H3,(H,26,29)(H,27,30). The molecule has 0 bridgehead atoms. The van der Waals surface area contributed by atoms with E-state index in [0.29, 0.717) is 33.9 Å². The van der Waals surface area contributed by atoms with E-state index in [1.807, 2.05) is 0 Å². The number of nitrogens with zero attached hydrogens (tertiary/aromatic N) is 3. The average Bonchev–Trinajstić information content (AvgIpc) is 2.84. The normalized spacial score (nSPS) is 10.5. The Morgan fingerprint density at radius 2 is 2.00 bits per heavy atom. The molecule has 0 aliphatic carbocycles. The number of aryl methyl sites for hydroxylation is 1. The fourth-order valence-electron chi connectivity index (χ4n) is 2.80. The van der Waals surface area contributed by atoms with Crippen molar-refractivity contribution in [2.45, 2.75) is 6.92 Å². The number of aromatic nitrogens is 1. The summed E-state index contributed by atoms with van der Waals surface area (Å²) in [4.78, 5) is 38.6. The smallest absolute Gasteiger partial charge is 0.272 e. The van der Waals surface area contributed by atoms with Gasteiger partial charge in [0.15, 0.2) is 18.1 Å².